The lowest BCUT2D eigenvalue weighted by atomic mass is 9.77. The van der Waals surface area contributed by atoms with E-state index in [-0.39, 0.29) is 23.6 Å². The van der Waals surface area contributed by atoms with Crippen LogP contribution in [0.5, 0.6) is 5.75 Å². The third-order valence-corrected chi connectivity index (χ3v) is 7.99. The maximum atomic E-state index is 13.4. The van der Waals surface area contributed by atoms with Gasteiger partial charge in [-0.2, -0.15) is 0 Å². The Hall–Kier alpha value is -1.64. The molecule has 1 N–H and O–H groups in total. The number of nitrogens with one attached hydrogen (secondary N) is 1. The fourth-order valence-electron chi connectivity index (χ4n) is 4.18. The zero-order valence-corrected chi connectivity index (χ0v) is 17.6. The van der Waals surface area contributed by atoms with Crippen LogP contribution in [0.3, 0.4) is 0 Å². The smallest absolute Gasteiger partial charge is 0.230 e. The molecule has 2 aliphatic rings. The van der Waals surface area contributed by atoms with Gasteiger partial charge in [0.05, 0.1) is 37.5 Å². The fourth-order valence-corrected chi connectivity index (χ4v) is 5.35. The molecular formula is C20H30N2O5S. The second kappa shape index (κ2) is 8.39. The maximum Gasteiger partial charge on any atom is 0.230 e. The minimum absolute atomic E-state index is 0.0273. The highest BCUT2D eigenvalue weighted by Gasteiger charge is 2.45. The first kappa shape index (κ1) is 21.1. The molecule has 3 rings (SSSR count). The van der Waals surface area contributed by atoms with Crippen LogP contribution >= 0.6 is 0 Å². The summed E-state index contributed by atoms with van der Waals surface area (Å²) in [5.74, 6) is 0.458. The van der Waals surface area contributed by atoms with Crippen molar-refractivity contribution in [2.75, 3.05) is 40.2 Å². The number of methoxy groups -OCH3 is 1. The van der Waals surface area contributed by atoms with E-state index >= 15 is 0 Å². The van der Waals surface area contributed by atoms with Gasteiger partial charge in [-0.25, -0.2) is 12.7 Å². The summed E-state index contributed by atoms with van der Waals surface area (Å²) in [4.78, 5) is 13.4. The number of amides is 1. The number of sulfonamides is 1. The Bertz CT molecular complexity index is 785. The van der Waals surface area contributed by atoms with Crippen molar-refractivity contribution in [3.63, 3.8) is 0 Å². The fraction of sp³-hybridized carbons (Fsp3) is 0.650. The van der Waals surface area contributed by atoms with Gasteiger partial charge >= 0.3 is 0 Å². The van der Waals surface area contributed by atoms with E-state index < -0.39 is 15.4 Å². The summed E-state index contributed by atoms with van der Waals surface area (Å²) in [5.41, 5.74) is 0.416. The molecule has 28 heavy (non-hydrogen) atoms. The van der Waals surface area contributed by atoms with Crippen molar-refractivity contribution in [1.82, 2.24) is 9.62 Å². The van der Waals surface area contributed by atoms with Crippen LogP contribution in [0.1, 0.15) is 31.2 Å². The first-order chi connectivity index (χ1) is 13.3. The third-order valence-electron chi connectivity index (χ3n) is 6.03. The van der Waals surface area contributed by atoms with E-state index in [1.54, 1.807) is 7.11 Å². The van der Waals surface area contributed by atoms with Crippen LogP contribution in [0.15, 0.2) is 24.3 Å². The lowest BCUT2D eigenvalue weighted by Crippen LogP contribution is -2.50. The van der Waals surface area contributed by atoms with Crippen molar-refractivity contribution in [3.05, 3.63) is 29.8 Å². The van der Waals surface area contributed by atoms with Gasteiger partial charge in [0.1, 0.15) is 5.75 Å². The summed E-state index contributed by atoms with van der Waals surface area (Å²) < 4.78 is 36.5. The molecular weight excluding hydrogens is 380 g/mol. The molecule has 0 unspecified atom stereocenters. The van der Waals surface area contributed by atoms with Crippen LogP contribution < -0.4 is 10.1 Å². The Morgan fingerprint density at radius 3 is 2.43 bits per heavy atom. The molecule has 1 aliphatic carbocycles. The lowest BCUT2D eigenvalue weighted by Gasteiger charge is -2.31. The van der Waals surface area contributed by atoms with Crippen molar-refractivity contribution >= 4 is 15.9 Å². The summed E-state index contributed by atoms with van der Waals surface area (Å²) in [5, 5.41) is 3.12. The van der Waals surface area contributed by atoms with Crippen molar-refractivity contribution in [1.29, 1.82) is 0 Å². The Morgan fingerprint density at radius 2 is 1.86 bits per heavy atom. The largest absolute Gasteiger partial charge is 0.497 e. The number of hydrogen-bond acceptors (Lipinski definition) is 5. The predicted octanol–water partition coefficient (Wildman–Crippen LogP) is 1.53. The highest BCUT2D eigenvalue weighted by Crippen LogP contribution is 2.42. The monoisotopic (exact) mass is 410 g/mol. The summed E-state index contributed by atoms with van der Waals surface area (Å²) in [6.07, 6.45) is 3.58. The SMILES string of the molecule is COc1ccc(C2(C(=O)N[C@H]3COC[C@H]3CS(=O)(=O)N(C)C)CCCC2)cc1. The standard InChI is InChI=1S/C20H30N2O5S/c1-22(2)28(24,25)14-15-12-27-13-18(15)21-19(23)20(10-4-5-11-20)16-6-8-17(26-3)9-7-16/h6-9,15,18H,4-5,10-14H2,1-3H3,(H,21,23)/t15-,18-/m0/s1. The molecule has 2 atom stereocenters. The number of nitrogens with zero attached hydrogens (tertiary/aromatic N) is 1. The van der Waals surface area contributed by atoms with E-state index in [0.29, 0.717) is 13.2 Å². The number of carbonyl (C=O) groups is 1. The minimum atomic E-state index is -3.36. The summed E-state index contributed by atoms with van der Waals surface area (Å²) in [6, 6.07) is 7.39. The minimum Gasteiger partial charge on any atom is -0.497 e. The molecule has 1 amide bonds. The molecule has 0 radical (unpaired) electrons. The van der Waals surface area contributed by atoms with Crippen LogP contribution in [0, 0.1) is 5.92 Å². The molecule has 1 saturated carbocycles. The van der Waals surface area contributed by atoms with Crippen molar-refractivity contribution < 1.29 is 22.7 Å². The van der Waals surface area contributed by atoms with Crippen molar-refractivity contribution in [3.8, 4) is 5.75 Å². The molecule has 0 bridgehead atoms. The van der Waals surface area contributed by atoms with Crippen molar-refractivity contribution in [2.45, 2.75) is 37.1 Å². The molecule has 1 aromatic carbocycles. The second-order valence-corrected chi connectivity index (χ2v) is 10.2. The van der Waals surface area contributed by atoms with Gasteiger partial charge in [0.25, 0.3) is 0 Å². The molecule has 7 nitrogen and oxygen atoms in total. The van der Waals surface area contributed by atoms with Crippen LogP contribution in [0.4, 0.5) is 0 Å². The molecule has 0 spiro atoms. The van der Waals surface area contributed by atoms with E-state index in [4.69, 9.17) is 9.47 Å². The maximum absolute atomic E-state index is 13.4. The number of benzene rings is 1. The van der Waals surface area contributed by atoms with Crippen LogP contribution in [0.2, 0.25) is 0 Å². The highest BCUT2D eigenvalue weighted by molar-refractivity contribution is 7.89. The Labute approximate surface area is 167 Å². The highest BCUT2D eigenvalue weighted by atomic mass is 32.2. The van der Waals surface area contributed by atoms with Gasteiger partial charge in [-0.15, -0.1) is 0 Å². The molecule has 1 aromatic rings. The van der Waals surface area contributed by atoms with Crippen LogP contribution in [0.25, 0.3) is 0 Å². The second-order valence-electron chi connectivity index (χ2n) is 7.96. The Balaban J connectivity index is 1.77. The normalized spacial score (nSPS) is 24.4. The van der Waals surface area contributed by atoms with E-state index in [1.807, 2.05) is 24.3 Å². The van der Waals surface area contributed by atoms with E-state index in [0.717, 1.165) is 37.0 Å². The summed E-state index contributed by atoms with van der Waals surface area (Å²) in [6.45, 7) is 0.686. The topological polar surface area (TPSA) is 84.9 Å². The van der Waals surface area contributed by atoms with Gasteiger partial charge < -0.3 is 14.8 Å². The molecule has 1 saturated heterocycles. The molecule has 156 valence electrons. The van der Waals surface area contributed by atoms with E-state index in [9.17, 15) is 13.2 Å². The van der Waals surface area contributed by atoms with Gasteiger partial charge in [-0.1, -0.05) is 25.0 Å². The Kier molecular flexibility index (Phi) is 6.31. The van der Waals surface area contributed by atoms with Crippen LogP contribution in [-0.4, -0.2) is 64.8 Å². The molecule has 2 fully saturated rings. The molecule has 1 aliphatic heterocycles. The summed E-state index contributed by atoms with van der Waals surface area (Å²) >= 11 is 0. The van der Waals surface area contributed by atoms with Gasteiger partial charge in [-0.3, -0.25) is 4.79 Å². The first-order valence-corrected chi connectivity index (χ1v) is 11.3. The number of hydrogen-bond donors (Lipinski definition) is 1. The number of rotatable bonds is 7. The first-order valence-electron chi connectivity index (χ1n) is 9.72. The zero-order chi connectivity index (χ0) is 20.4. The van der Waals surface area contributed by atoms with Gasteiger partial charge in [-0.05, 0) is 30.5 Å². The third kappa shape index (κ3) is 4.18. The number of carbonyl (C=O) groups excluding carboxylic acids is 1. The Morgan fingerprint density at radius 1 is 1.21 bits per heavy atom. The van der Waals surface area contributed by atoms with Gasteiger partial charge in [0.2, 0.25) is 15.9 Å². The lowest BCUT2D eigenvalue weighted by molar-refractivity contribution is -0.127. The average Bonchev–Trinajstić information content (AvgIpc) is 3.32. The van der Waals surface area contributed by atoms with Gasteiger partial charge in [0.15, 0.2) is 0 Å². The molecule has 0 aromatic heterocycles. The molecule has 1 heterocycles. The number of ether oxygens (including phenoxy) is 2. The van der Waals surface area contributed by atoms with E-state index in [1.165, 1.54) is 18.4 Å². The van der Waals surface area contributed by atoms with Crippen LogP contribution in [-0.2, 0) is 25.0 Å². The quantitative estimate of drug-likeness (QED) is 0.737. The van der Waals surface area contributed by atoms with E-state index in [2.05, 4.69) is 5.32 Å². The zero-order valence-electron chi connectivity index (χ0n) is 16.8. The summed E-state index contributed by atoms with van der Waals surface area (Å²) in [7, 11) is 1.31. The van der Waals surface area contributed by atoms with Gasteiger partial charge in [0, 0.05) is 20.0 Å². The van der Waals surface area contributed by atoms with Crippen molar-refractivity contribution in [2.24, 2.45) is 5.92 Å². The molecule has 8 heteroatoms. The average molecular weight is 411 g/mol. The predicted molar refractivity (Wildman–Crippen MR) is 107 cm³/mol.